The van der Waals surface area contributed by atoms with Crippen LogP contribution >= 0.6 is 11.8 Å². The van der Waals surface area contributed by atoms with Gasteiger partial charge in [-0.2, -0.15) is 4.73 Å². The maximum Gasteiger partial charge on any atom is 0.293 e. The van der Waals surface area contributed by atoms with Crippen molar-refractivity contribution in [1.29, 1.82) is 0 Å². The highest BCUT2D eigenvalue weighted by Gasteiger charge is 2.18. The summed E-state index contributed by atoms with van der Waals surface area (Å²) in [5.41, 5.74) is 0.629. The number of carbonyl (C=O) groups is 1. The SMILES string of the molecule is Cc1cccc([N+](=O)[O-])c1NC(=O)CSc1cccc[n+]1[O-]. The molecule has 0 atom stereocenters. The molecule has 2 rings (SSSR count). The summed E-state index contributed by atoms with van der Waals surface area (Å²) in [5, 5.41) is 25.4. The summed E-state index contributed by atoms with van der Waals surface area (Å²) >= 11 is 1.06. The fourth-order valence-corrected chi connectivity index (χ4v) is 2.52. The lowest BCUT2D eigenvalue weighted by Gasteiger charge is -2.08. The summed E-state index contributed by atoms with van der Waals surface area (Å²) < 4.78 is 0.661. The zero-order valence-electron chi connectivity index (χ0n) is 11.7. The van der Waals surface area contributed by atoms with E-state index in [1.54, 1.807) is 37.3 Å². The highest BCUT2D eigenvalue weighted by molar-refractivity contribution is 7.99. The molecule has 2 aromatic rings. The topological polar surface area (TPSA) is 99.2 Å². The van der Waals surface area contributed by atoms with Crippen molar-refractivity contribution in [2.45, 2.75) is 11.9 Å². The van der Waals surface area contributed by atoms with Gasteiger partial charge >= 0.3 is 0 Å². The number of amides is 1. The molecule has 0 spiro atoms. The predicted octanol–water partition coefficient (Wildman–Crippen LogP) is 2.27. The van der Waals surface area contributed by atoms with Gasteiger partial charge in [0, 0.05) is 18.2 Å². The summed E-state index contributed by atoms with van der Waals surface area (Å²) in [6, 6.07) is 9.45. The van der Waals surface area contributed by atoms with Crippen molar-refractivity contribution >= 4 is 29.0 Å². The molecule has 0 aliphatic carbocycles. The highest BCUT2D eigenvalue weighted by atomic mass is 32.2. The molecule has 0 saturated carbocycles. The fraction of sp³-hybridized carbons (Fsp3) is 0.143. The van der Waals surface area contributed by atoms with Crippen molar-refractivity contribution in [3.8, 4) is 0 Å². The van der Waals surface area contributed by atoms with E-state index in [9.17, 15) is 20.1 Å². The average Bonchev–Trinajstić information content (AvgIpc) is 2.48. The number of rotatable bonds is 5. The van der Waals surface area contributed by atoms with Gasteiger partial charge < -0.3 is 10.5 Å². The number of carbonyl (C=O) groups excluding carboxylic acids is 1. The number of thioether (sulfide) groups is 1. The quantitative estimate of drug-likeness (QED) is 0.300. The van der Waals surface area contributed by atoms with E-state index in [2.05, 4.69) is 5.32 Å². The number of anilines is 1. The van der Waals surface area contributed by atoms with Crippen LogP contribution in [0.2, 0.25) is 0 Å². The Morgan fingerprint density at radius 1 is 1.32 bits per heavy atom. The second-order valence-corrected chi connectivity index (χ2v) is 5.42. The molecule has 8 heteroatoms. The maximum atomic E-state index is 12.0. The van der Waals surface area contributed by atoms with Crippen LogP contribution in [-0.4, -0.2) is 16.6 Å². The maximum absolute atomic E-state index is 12.0. The standard InChI is InChI=1S/C14H13N3O4S/c1-10-5-4-6-11(17(20)21)14(10)15-12(18)9-22-13-7-2-3-8-16(13)19/h2-8H,9H2,1H3,(H,15,18). The molecule has 1 N–H and O–H groups in total. The number of hydrogen-bond acceptors (Lipinski definition) is 5. The predicted molar refractivity (Wildman–Crippen MR) is 82.6 cm³/mol. The molecular weight excluding hydrogens is 306 g/mol. The van der Waals surface area contributed by atoms with Crippen molar-refractivity contribution < 1.29 is 14.4 Å². The number of para-hydroxylation sites is 1. The lowest BCUT2D eigenvalue weighted by Crippen LogP contribution is -2.28. The van der Waals surface area contributed by atoms with Crippen LogP contribution in [0.3, 0.4) is 0 Å². The number of nitro benzene ring substituents is 1. The van der Waals surface area contributed by atoms with E-state index < -0.39 is 10.8 Å². The molecule has 0 aliphatic heterocycles. The lowest BCUT2D eigenvalue weighted by atomic mass is 10.1. The largest absolute Gasteiger partial charge is 0.618 e. The fourth-order valence-electron chi connectivity index (χ4n) is 1.81. The first kappa shape index (κ1) is 15.8. The van der Waals surface area contributed by atoms with E-state index in [1.807, 2.05) is 0 Å². The second kappa shape index (κ2) is 6.90. The number of nitro groups is 1. The molecular formula is C14H13N3O4S. The number of aryl methyl sites for hydroxylation is 1. The molecule has 1 aromatic heterocycles. The Labute approximate surface area is 130 Å². The van der Waals surface area contributed by atoms with Gasteiger partial charge in [0.2, 0.25) is 5.91 Å². The summed E-state index contributed by atoms with van der Waals surface area (Å²) in [4.78, 5) is 22.4. The van der Waals surface area contributed by atoms with Crippen LogP contribution in [0.1, 0.15) is 5.56 Å². The molecule has 7 nitrogen and oxygen atoms in total. The van der Waals surface area contributed by atoms with Gasteiger partial charge in [-0.05, 0) is 30.3 Å². The Bertz CT molecular complexity index is 721. The minimum atomic E-state index is -0.543. The third-order valence-electron chi connectivity index (χ3n) is 2.85. The minimum Gasteiger partial charge on any atom is -0.618 e. The van der Waals surface area contributed by atoms with Crippen LogP contribution in [0.4, 0.5) is 11.4 Å². The summed E-state index contributed by atoms with van der Waals surface area (Å²) in [6.45, 7) is 1.68. The summed E-state index contributed by atoms with van der Waals surface area (Å²) in [5.74, 6) is -0.427. The van der Waals surface area contributed by atoms with E-state index in [-0.39, 0.29) is 17.1 Å². The van der Waals surface area contributed by atoms with Gasteiger partial charge in [-0.25, -0.2) is 0 Å². The Morgan fingerprint density at radius 2 is 2.09 bits per heavy atom. The molecule has 1 aromatic carbocycles. The van der Waals surface area contributed by atoms with Crippen molar-refractivity contribution in [2.24, 2.45) is 0 Å². The van der Waals surface area contributed by atoms with Crippen molar-refractivity contribution in [1.82, 2.24) is 0 Å². The summed E-state index contributed by atoms with van der Waals surface area (Å²) in [6.07, 6.45) is 1.34. The molecule has 0 fully saturated rings. The first-order chi connectivity index (χ1) is 10.5. The molecule has 0 radical (unpaired) electrons. The van der Waals surface area contributed by atoms with Crippen molar-refractivity contribution in [3.05, 3.63) is 63.5 Å². The third kappa shape index (κ3) is 3.73. The van der Waals surface area contributed by atoms with Crippen LogP contribution in [0.5, 0.6) is 0 Å². The van der Waals surface area contributed by atoms with Gasteiger partial charge in [0.25, 0.3) is 10.7 Å². The van der Waals surface area contributed by atoms with E-state index in [4.69, 9.17) is 0 Å². The molecule has 114 valence electrons. The minimum absolute atomic E-state index is 0.0161. The number of hydrogen-bond donors (Lipinski definition) is 1. The monoisotopic (exact) mass is 319 g/mol. The van der Waals surface area contributed by atoms with E-state index in [0.717, 1.165) is 11.8 Å². The normalized spacial score (nSPS) is 10.2. The van der Waals surface area contributed by atoms with Crippen LogP contribution in [0.15, 0.2) is 47.6 Å². The molecule has 0 unspecified atom stereocenters. The van der Waals surface area contributed by atoms with Gasteiger partial charge in [-0.1, -0.05) is 12.1 Å². The molecule has 1 heterocycles. The van der Waals surface area contributed by atoms with Gasteiger partial charge in [-0.15, -0.1) is 0 Å². The average molecular weight is 319 g/mol. The van der Waals surface area contributed by atoms with Gasteiger partial charge in [0.15, 0.2) is 6.20 Å². The Kier molecular flexibility index (Phi) is 4.95. The third-order valence-corrected chi connectivity index (χ3v) is 3.87. The van der Waals surface area contributed by atoms with Gasteiger partial charge in [0.1, 0.15) is 5.69 Å². The van der Waals surface area contributed by atoms with Crippen LogP contribution < -0.4 is 10.0 Å². The first-order valence-electron chi connectivity index (χ1n) is 6.34. The van der Waals surface area contributed by atoms with Crippen molar-refractivity contribution in [3.63, 3.8) is 0 Å². The smallest absolute Gasteiger partial charge is 0.293 e. The first-order valence-corrected chi connectivity index (χ1v) is 7.32. The van der Waals surface area contributed by atoms with Crippen molar-refractivity contribution in [2.75, 3.05) is 11.1 Å². The molecule has 0 aliphatic rings. The van der Waals surface area contributed by atoms with Crippen LogP contribution in [0, 0.1) is 22.2 Å². The van der Waals surface area contributed by atoms with E-state index >= 15 is 0 Å². The molecule has 0 bridgehead atoms. The van der Waals surface area contributed by atoms with E-state index in [1.165, 1.54) is 12.3 Å². The number of aromatic nitrogens is 1. The highest BCUT2D eigenvalue weighted by Crippen LogP contribution is 2.27. The molecule has 1 amide bonds. The number of pyridine rings is 1. The number of nitrogens with zero attached hydrogens (tertiary/aromatic N) is 2. The van der Waals surface area contributed by atoms with E-state index in [0.29, 0.717) is 15.3 Å². The lowest BCUT2D eigenvalue weighted by molar-refractivity contribution is -0.645. The van der Waals surface area contributed by atoms with Crippen LogP contribution in [0.25, 0.3) is 0 Å². The Morgan fingerprint density at radius 3 is 2.77 bits per heavy atom. The summed E-state index contributed by atoms with van der Waals surface area (Å²) in [7, 11) is 0. The number of benzene rings is 1. The molecule has 22 heavy (non-hydrogen) atoms. The number of nitrogens with one attached hydrogen (secondary N) is 1. The zero-order chi connectivity index (χ0) is 16.1. The molecule has 0 saturated heterocycles. The van der Waals surface area contributed by atoms with Gasteiger partial charge in [0.05, 0.1) is 10.7 Å². The van der Waals surface area contributed by atoms with Gasteiger partial charge in [-0.3, -0.25) is 14.9 Å². The Hall–Kier alpha value is -2.61. The second-order valence-electron chi connectivity index (χ2n) is 4.43. The Balaban J connectivity index is 2.07. The zero-order valence-corrected chi connectivity index (χ0v) is 12.5. The van der Waals surface area contributed by atoms with Crippen LogP contribution in [-0.2, 0) is 4.79 Å².